The van der Waals surface area contributed by atoms with Crippen LogP contribution in [0.25, 0.3) is 0 Å². The molecule has 0 saturated carbocycles. The fourth-order valence-corrected chi connectivity index (χ4v) is 2.64. The number of hydrogen-bond acceptors (Lipinski definition) is 4. The molecular formula is C13H25N3O2. The van der Waals surface area contributed by atoms with Gasteiger partial charge in [-0.1, -0.05) is 0 Å². The Labute approximate surface area is 109 Å². The lowest BCUT2D eigenvalue weighted by atomic mass is 10.2. The smallest absolute Gasteiger partial charge is 0.248 e. The topological polar surface area (TPSA) is 44.8 Å². The van der Waals surface area contributed by atoms with Gasteiger partial charge in [-0.05, 0) is 20.3 Å². The molecule has 0 aliphatic carbocycles. The number of nitrogens with one attached hydrogen (secondary N) is 1. The second-order valence-electron chi connectivity index (χ2n) is 5.43. The van der Waals surface area contributed by atoms with Crippen molar-refractivity contribution in [3.63, 3.8) is 0 Å². The van der Waals surface area contributed by atoms with Gasteiger partial charge in [-0.25, -0.2) is 0 Å². The normalized spacial score (nSPS) is 25.9. The molecule has 1 unspecified atom stereocenters. The van der Waals surface area contributed by atoms with Gasteiger partial charge in [0.1, 0.15) is 6.61 Å². The van der Waals surface area contributed by atoms with Crippen LogP contribution in [0.15, 0.2) is 0 Å². The van der Waals surface area contributed by atoms with Crippen LogP contribution >= 0.6 is 0 Å². The molecule has 2 aliphatic heterocycles. The Morgan fingerprint density at radius 1 is 1.33 bits per heavy atom. The van der Waals surface area contributed by atoms with Gasteiger partial charge in [-0.2, -0.15) is 0 Å². The van der Waals surface area contributed by atoms with E-state index in [0.29, 0.717) is 6.04 Å². The predicted molar refractivity (Wildman–Crippen MR) is 70.5 cm³/mol. The molecule has 0 spiro atoms. The number of amides is 1. The molecule has 2 heterocycles. The zero-order valence-electron chi connectivity index (χ0n) is 11.5. The fourth-order valence-electron chi connectivity index (χ4n) is 2.64. The van der Waals surface area contributed by atoms with Crippen molar-refractivity contribution in [2.75, 3.05) is 45.9 Å². The van der Waals surface area contributed by atoms with E-state index < -0.39 is 0 Å². The van der Waals surface area contributed by atoms with E-state index in [1.807, 2.05) is 18.7 Å². The van der Waals surface area contributed by atoms with Gasteiger partial charge in [0.25, 0.3) is 0 Å². The summed E-state index contributed by atoms with van der Waals surface area (Å²) in [6, 6.07) is 0.551. The molecule has 5 heteroatoms. The van der Waals surface area contributed by atoms with Gasteiger partial charge in [-0.15, -0.1) is 0 Å². The molecular weight excluding hydrogens is 230 g/mol. The molecule has 0 radical (unpaired) electrons. The summed E-state index contributed by atoms with van der Waals surface area (Å²) in [4.78, 5) is 16.4. The maximum atomic E-state index is 11.9. The van der Waals surface area contributed by atoms with Crippen LogP contribution in [0.2, 0.25) is 0 Å². The molecule has 1 N–H and O–H groups in total. The maximum Gasteiger partial charge on any atom is 0.248 e. The van der Waals surface area contributed by atoms with Crippen LogP contribution in [0, 0.1) is 0 Å². The number of hydrogen-bond donors (Lipinski definition) is 1. The molecule has 2 aliphatic rings. The number of rotatable bonds is 4. The first-order valence-corrected chi connectivity index (χ1v) is 7.01. The number of piperazine rings is 1. The van der Waals surface area contributed by atoms with Crippen molar-refractivity contribution < 1.29 is 9.53 Å². The van der Waals surface area contributed by atoms with Crippen molar-refractivity contribution in [1.29, 1.82) is 0 Å². The standard InChI is InChI=1S/C13H25N3O2/c1-11(2)18-10-13(17)16-6-3-12(9-16)15-7-4-14-5-8-15/h11-12,14H,3-10H2,1-2H3. The van der Waals surface area contributed by atoms with E-state index in [1.54, 1.807) is 0 Å². The number of likely N-dealkylation sites (tertiary alicyclic amines) is 1. The molecule has 2 fully saturated rings. The van der Waals surface area contributed by atoms with Gasteiger partial charge in [0.05, 0.1) is 6.10 Å². The van der Waals surface area contributed by atoms with Gasteiger partial charge < -0.3 is 15.0 Å². The van der Waals surface area contributed by atoms with Crippen LogP contribution in [0.4, 0.5) is 0 Å². The first-order valence-electron chi connectivity index (χ1n) is 7.01. The van der Waals surface area contributed by atoms with Crippen LogP contribution in [-0.4, -0.2) is 73.7 Å². The molecule has 18 heavy (non-hydrogen) atoms. The molecule has 0 aromatic rings. The Kier molecular flexibility index (Phi) is 4.97. The van der Waals surface area contributed by atoms with Crippen molar-refractivity contribution >= 4 is 5.91 Å². The predicted octanol–water partition coefficient (Wildman–Crippen LogP) is -0.0825. The summed E-state index contributed by atoms with van der Waals surface area (Å²) in [6.45, 7) is 10.3. The van der Waals surface area contributed by atoms with E-state index >= 15 is 0 Å². The second-order valence-corrected chi connectivity index (χ2v) is 5.43. The fraction of sp³-hybridized carbons (Fsp3) is 0.923. The third kappa shape index (κ3) is 3.67. The highest BCUT2D eigenvalue weighted by atomic mass is 16.5. The quantitative estimate of drug-likeness (QED) is 0.763. The van der Waals surface area contributed by atoms with Crippen molar-refractivity contribution in [2.45, 2.75) is 32.4 Å². The summed E-state index contributed by atoms with van der Waals surface area (Å²) in [5, 5.41) is 3.36. The van der Waals surface area contributed by atoms with E-state index in [0.717, 1.165) is 45.7 Å². The van der Waals surface area contributed by atoms with E-state index in [4.69, 9.17) is 4.74 Å². The first kappa shape index (κ1) is 13.8. The lowest BCUT2D eigenvalue weighted by Gasteiger charge is -2.32. The van der Waals surface area contributed by atoms with E-state index in [1.165, 1.54) is 0 Å². The molecule has 2 rings (SSSR count). The minimum atomic E-state index is 0.125. The zero-order chi connectivity index (χ0) is 13.0. The van der Waals surface area contributed by atoms with Gasteiger partial charge in [0.2, 0.25) is 5.91 Å². The summed E-state index contributed by atoms with van der Waals surface area (Å²) in [7, 11) is 0. The molecule has 1 atom stereocenters. The Hall–Kier alpha value is -0.650. The van der Waals surface area contributed by atoms with E-state index in [9.17, 15) is 4.79 Å². The summed E-state index contributed by atoms with van der Waals surface area (Å²) in [5.41, 5.74) is 0. The number of carbonyl (C=O) groups is 1. The Balaban J connectivity index is 1.75. The summed E-state index contributed by atoms with van der Waals surface area (Å²) in [5.74, 6) is 0.140. The van der Waals surface area contributed by atoms with Crippen LogP contribution in [-0.2, 0) is 9.53 Å². The van der Waals surface area contributed by atoms with Gasteiger partial charge in [-0.3, -0.25) is 9.69 Å². The monoisotopic (exact) mass is 255 g/mol. The summed E-state index contributed by atoms with van der Waals surface area (Å²) >= 11 is 0. The van der Waals surface area contributed by atoms with E-state index in [-0.39, 0.29) is 18.6 Å². The highest BCUT2D eigenvalue weighted by Crippen LogP contribution is 2.16. The molecule has 0 aromatic heterocycles. The minimum Gasteiger partial charge on any atom is -0.369 e. The summed E-state index contributed by atoms with van der Waals surface area (Å²) in [6.07, 6.45) is 1.23. The first-order chi connectivity index (χ1) is 8.66. The molecule has 0 aromatic carbocycles. The highest BCUT2D eigenvalue weighted by Gasteiger charge is 2.30. The van der Waals surface area contributed by atoms with Gasteiger partial charge in [0.15, 0.2) is 0 Å². The van der Waals surface area contributed by atoms with Crippen LogP contribution in [0.5, 0.6) is 0 Å². The second kappa shape index (κ2) is 6.50. The van der Waals surface area contributed by atoms with Crippen molar-refractivity contribution in [2.24, 2.45) is 0 Å². The van der Waals surface area contributed by atoms with Crippen LogP contribution < -0.4 is 5.32 Å². The average molecular weight is 255 g/mol. The Morgan fingerprint density at radius 3 is 2.72 bits per heavy atom. The molecule has 5 nitrogen and oxygen atoms in total. The number of carbonyl (C=O) groups excluding carboxylic acids is 1. The highest BCUT2D eigenvalue weighted by molar-refractivity contribution is 5.77. The average Bonchev–Trinajstić information content (AvgIpc) is 2.86. The lowest BCUT2D eigenvalue weighted by molar-refractivity contribution is -0.136. The van der Waals surface area contributed by atoms with Crippen molar-refractivity contribution in [3.05, 3.63) is 0 Å². The number of ether oxygens (including phenoxy) is 1. The zero-order valence-corrected chi connectivity index (χ0v) is 11.5. The van der Waals surface area contributed by atoms with Crippen molar-refractivity contribution in [1.82, 2.24) is 15.1 Å². The third-order valence-corrected chi connectivity index (χ3v) is 3.72. The van der Waals surface area contributed by atoms with Gasteiger partial charge >= 0.3 is 0 Å². The molecule has 1 amide bonds. The lowest BCUT2D eigenvalue weighted by Crippen LogP contribution is -2.49. The SMILES string of the molecule is CC(C)OCC(=O)N1CCC(N2CCNCC2)C1. The minimum absolute atomic E-state index is 0.125. The third-order valence-electron chi connectivity index (χ3n) is 3.72. The molecule has 104 valence electrons. The maximum absolute atomic E-state index is 11.9. The van der Waals surface area contributed by atoms with Gasteiger partial charge in [0, 0.05) is 45.3 Å². The van der Waals surface area contributed by atoms with Crippen LogP contribution in [0.3, 0.4) is 0 Å². The molecule has 2 saturated heterocycles. The van der Waals surface area contributed by atoms with E-state index in [2.05, 4.69) is 10.2 Å². The molecule has 0 bridgehead atoms. The van der Waals surface area contributed by atoms with Crippen LogP contribution in [0.1, 0.15) is 20.3 Å². The Morgan fingerprint density at radius 2 is 2.06 bits per heavy atom. The Bertz CT molecular complexity index is 277. The van der Waals surface area contributed by atoms with Crippen molar-refractivity contribution in [3.8, 4) is 0 Å². The largest absolute Gasteiger partial charge is 0.369 e. The summed E-state index contributed by atoms with van der Waals surface area (Å²) < 4.78 is 5.38. The number of nitrogens with zero attached hydrogens (tertiary/aromatic N) is 2.